The van der Waals surface area contributed by atoms with E-state index in [1.807, 2.05) is 0 Å². The summed E-state index contributed by atoms with van der Waals surface area (Å²) in [5.74, 6) is 0. The Hall–Kier alpha value is -7.68. The maximum Gasteiger partial charge on any atom is 0.143 e. The average molecular weight is 740 g/mol. The van der Waals surface area contributed by atoms with Crippen molar-refractivity contribution in [2.45, 2.75) is 0 Å². The number of benzene rings is 10. The molecule has 11 aromatic rings. The lowest BCUT2D eigenvalue weighted by Gasteiger charge is -2.27. The highest BCUT2D eigenvalue weighted by Crippen LogP contribution is 2.45. The number of furan rings is 1. The number of anilines is 3. The summed E-state index contributed by atoms with van der Waals surface area (Å²) in [4.78, 5) is 2.37. The molecule has 0 aliphatic heterocycles. The minimum absolute atomic E-state index is 0.865. The molecule has 0 unspecified atom stereocenters. The van der Waals surface area contributed by atoms with Crippen LogP contribution < -0.4 is 4.90 Å². The molecule has 58 heavy (non-hydrogen) atoms. The van der Waals surface area contributed by atoms with Crippen molar-refractivity contribution in [3.05, 3.63) is 224 Å². The quantitative estimate of drug-likeness (QED) is 0.162. The van der Waals surface area contributed by atoms with Crippen molar-refractivity contribution in [2.75, 3.05) is 4.90 Å². The van der Waals surface area contributed by atoms with E-state index >= 15 is 0 Å². The second kappa shape index (κ2) is 14.1. The Bertz CT molecular complexity index is 3200. The SMILES string of the molecule is c1ccc(-c2cc(-c3ccccc3)cc(-c3ccc(N(c4ccc(-c5ccc6ccccc6c5)cc4)c4cccc5oc6c7ccccc7ccc6c45)cc3)c2)cc1. The predicted molar refractivity (Wildman–Crippen MR) is 245 cm³/mol. The molecule has 2 heteroatoms. The summed E-state index contributed by atoms with van der Waals surface area (Å²) in [6.45, 7) is 0. The standard InChI is InChI=1S/C56H37NO/c1-3-12-38(13-4-1)46-35-47(39-14-5-2-6-15-39)37-48(36-46)42-26-31-50(32-27-42)57(49-29-24-41(25-30-49)45-23-22-40-16-7-8-18-44(40)34-45)53-20-11-21-54-55(53)52-33-28-43-17-9-10-19-51(43)56(52)58-54/h1-37H. The van der Waals surface area contributed by atoms with Gasteiger partial charge in [0.2, 0.25) is 0 Å². The van der Waals surface area contributed by atoms with Crippen molar-refractivity contribution in [1.29, 1.82) is 0 Å². The topological polar surface area (TPSA) is 16.4 Å². The van der Waals surface area contributed by atoms with Crippen molar-refractivity contribution in [1.82, 2.24) is 0 Å². The van der Waals surface area contributed by atoms with Gasteiger partial charge in [-0.25, -0.2) is 0 Å². The van der Waals surface area contributed by atoms with Gasteiger partial charge in [0.1, 0.15) is 11.2 Å². The van der Waals surface area contributed by atoms with Gasteiger partial charge in [-0.15, -0.1) is 0 Å². The minimum atomic E-state index is 0.865. The zero-order valence-corrected chi connectivity index (χ0v) is 31.7. The van der Waals surface area contributed by atoms with Crippen molar-refractivity contribution >= 4 is 60.5 Å². The molecule has 0 aliphatic carbocycles. The van der Waals surface area contributed by atoms with E-state index in [1.54, 1.807) is 0 Å². The van der Waals surface area contributed by atoms with Gasteiger partial charge in [-0.2, -0.15) is 0 Å². The lowest BCUT2D eigenvalue weighted by molar-refractivity contribution is 0.672. The smallest absolute Gasteiger partial charge is 0.143 e. The number of fused-ring (bicyclic) bond motifs is 6. The molecule has 11 rings (SSSR count). The van der Waals surface area contributed by atoms with Crippen molar-refractivity contribution in [3.8, 4) is 44.5 Å². The van der Waals surface area contributed by atoms with E-state index in [9.17, 15) is 0 Å². The van der Waals surface area contributed by atoms with Crippen molar-refractivity contribution in [2.24, 2.45) is 0 Å². The zero-order chi connectivity index (χ0) is 38.4. The molecular formula is C56H37NO. The molecule has 0 radical (unpaired) electrons. The molecule has 2 nitrogen and oxygen atoms in total. The third-order valence-electron chi connectivity index (χ3n) is 11.4. The molecule has 272 valence electrons. The van der Waals surface area contributed by atoms with Gasteiger partial charge in [0.15, 0.2) is 0 Å². The first-order valence-corrected chi connectivity index (χ1v) is 19.8. The minimum Gasteiger partial charge on any atom is -0.455 e. The Balaban J connectivity index is 1.06. The summed E-state index contributed by atoms with van der Waals surface area (Å²) in [6, 6.07) is 80.7. The van der Waals surface area contributed by atoms with Crippen LogP contribution in [0.15, 0.2) is 229 Å². The molecule has 0 spiro atoms. The number of rotatable bonds is 7. The average Bonchev–Trinajstić information content (AvgIpc) is 3.70. The van der Waals surface area contributed by atoms with Crippen LogP contribution in [0, 0.1) is 0 Å². The Kier molecular flexibility index (Phi) is 8.19. The maximum absolute atomic E-state index is 6.69. The van der Waals surface area contributed by atoms with Gasteiger partial charge in [-0.1, -0.05) is 158 Å². The molecule has 0 N–H and O–H groups in total. The Labute approximate surface area is 337 Å². The highest BCUT2D eigenvalue weighted by Gasteiger charge is 2.21. The Morgan fingerprint density at radius 1 is 0.293 bits per heavy atom. The van der Waals surface area contributed by atoms with Crippen LogP contribution in [0.4, 0.5) is 17.1 Å². The second-order valence-corrected chi connectivity index (χ2v) is 14.9. The van der Waals surface area contributed by atoms with Crippen molar-refractivity contribution in [3.63, 3.8) is 0 Å². The van der Waals surface area contributed by atoms with Crippen LogP contribution in [0.3, 0.4) is 0 Å². The van der Waals surface area contributed by atoms with E-state index in [2.05, 4.69) is 229 Å². The Morgan fingerprint density at radius 3 is 1.43 bits per heavy atom. The number of nitrogens with zero attached hydrogens (tertiary/aromatic N) is 1. The molecule has 0 saturated heterocycles. The van der Waals surface area contributed by atoms with Gasteiger partial charge in [0.25, 0.3) is 0 Å². The van der Waals surface area contributed by atoms with Crippen LogP contribution in [-0.4, -0.2) is 0 Å². The number of hydrogen-bond donors (Lipinski definition) is 0. The first-order chi connectivity index (χ1) is 28.7. The third kappa shape index (κ3) is 6.00. The first-order valence-electron chi connectivity index (χ1n) is 19.8. The van der Waals surface area contributed by atoms with Gasteiger partial charge < -0.3 is 9.32 Å². The van der Waals surface area contributed by atoms with E-state index in [0.717, 1.165) is 50.0 Å². The van der Waals surface area contributed by atoms with Crippen molar-refractivity contribution < 1.29 is 4.42 Å². The summed E-state index contributed by atoms with van der Waals surface area (Å²) >= 11 is 0. The molecule has 1 aromatic heterocycles. The van der Waals surface area contributed by atoms with E-state index < -0.39 is 0 Å². The lowest BCUT2D eigenvalue weighted by Crippen LogP contribution is -2.10. The second-order valence-electron chi connectivity index (χ2n) is 14.9. The molecule has 0 fully saturated rings. The zero-order valence-electron chi connectivity index (χ0n) is 31.7. The fraction of sp³-hybridized carbons (Fsp3) is 0. The van der Waals surface area contributed by atoms with Crippen LogP contribution in [0.25, 0.3) is 88.0 Å². The highest BCUT2D eigenvalue weighted by molar-refractivity contribution is 6.19. The van der Waals surface area contributed by atoms with Crippen LogP contribution in [0.2, 0.25) is 0 Å². The molecule has 0 bridgehead atoms. The van der Waals surface area contributed by atoms with Crippen LogP contribution in [0.5, 0.6) is 0 Å². The molecule has 1 heterocycles. The van der Waals surface area contributed by atoms with Gasteiger partial charge in [0, 0.05) is 22.1 Å². The molecule has 0 amide bonds. The molecular weight excluding hydrogens is 703 g/mol. The molecule has 0 atom stereocenters. The summed E-state index contributed by atoms with van der Waals surface area (Å²) < 4.78 is 6.69. The molecule has 0 saturated carbocycles. The van der Waals surface area contributed by atoms with E-state index in [-0.39, 0.29) is 0 Å². The molecule has 10 aromatic carbocycles. The highest BCUT2D eigenvalue weighted by atomic mass is 16.3. The largest absolute Gasteiger partial charge is 0.455 e. The fourth-order valence-electron chi connectivity index (χ4n) is 8.51. The van der Waals surface area contributed by atoms with Gasteiger partial charge >= 0.3 is 0 Å². The van der Waals surface area contributed by atoms with E-state index in [4.69, 9.17) is 4.42 Å². The monoisotopic (exact) mass is 739 g/mol. The van der Waals surface area contributed by atoms with Gasteiger partial charge in [-0.3, -0.25) is 0 Å². The van der Waals surface area contributed by atoms with Gasteiger partial charge in [-0.05, 0) is 127 Å². The predicted octanol–water partition coefficient (Wildman–Crippen LogP) is 16.0. The normalized spacial score (nSPS) is 11.4. The third-order valence-corrected chi connectivity index (χ3v) is 11.4. The van der Waals surface area contributed by atoms with Crippen LogP contribution in [-0.2, 0) is 0 Å². The summed E-state index contributed by atoms with van der Waals surface area (Å²) in [5.41, 5.74) is 14.5. The summed E-state index contributed by atoms with van der Waals surface area (Å²) in [7, 11) is 0. The summed E-state index contributed by atoms with van der Waals surface area (Å²) in [6.07, 6.45) is 0. The number of hydrogen-bond acceptors (Lipinski definition) is 2. The van der Waals surface area contributed by atoms with Crippen LogP contribution in [0.1, 0.15) is 0 Å². The van der Waals surface area contributed by atoms with E-state index in [0.29, 0.717) is 0 Å². The van der Waals surface area contributed by atoms with Crippen LogP contribution >= 0.6 is 0 Å². The first kappa shape index (κ1) is 33.6. The Morgan fingerprint density at radius 2 is 0.793 bits per heavy atom. The maximum atomic E-state index is 6.69. The summed E-state index contributed by atoms with van der Waals surface area (Å²) in [5, 5.41) is 6.96. The molecule has 0 aliphatic rings. The van der Waals surface area contributed by atoms with E-state index in [1.165, 1.54) is 55.1 Å². The van der Waals surface area contributed by atoms with Gasteiger partial charge in [0.05, 0.1) is 11.1 Å². The fourth-order valence-corrected chi connectivity index (χ4v) is 8.51. The lowest BCUT2D eigenvalue weighted by atomic mass is 9.93.